The van der Waals surface area contributed by atoms with E-state index in [0.29, 0.717) is 0 Å². The van der Waals surface area contributed by atoms with Crippen LogP contribution >= 0.6 is 0 Å². The Hall–Kier alpha value is -0.790. The summed E-state index contributed by atoms with van der Waals surface area (Å²) >= 11 is 0. The number of aromatic nitrogens is 2. The Balaban J connectivity index is 2.19. The second-order valence-corrected chi connectivity index (χ2v) is 12.3. The first-order chi connectivity index (χ1) is 18.8. The molecule has 0 aliphatic carbocycles. The molecule has 2 heteroatoms. The first kappa shape index (κ1) is 35.2. The van der Waals surface area contributed by atoms with E-state index in [9.17, 15) is 0 Å². The molecule has 1 aromatic heterocycles. The molecule has 0 unspecified atom stereocenters. The minimum absolute atomic E-state index is 1.22. The Morgan fingerprint density at radius 3 is 1.26 bits per heavy atom. The van der Waals surface area contributed by atoms with Crippen molar-refractivity contribution in [1.82, 2.24) is 4.57 Å². The third-order valence-corrected chi connectivity index (χ3v) is 8.60. The zero-order valence-electron chi connectivity index (χ0n) is 26.8. The van der Waals surface area contributed by atoms with E-state index in [1.54, 1.807) is 5.82 Å². The fourth-order valence-corrected chi connectivity index (χ4v) is 5.97. The van der Waals surface area contributed by atoms with Gasteiger partial charge < -0.3 is 0 Å². The van der Waals surface area contributed by atoms with Crippen LogP contribution in [0.15, 0.2) is 12.4 Å². The highest BCUT2D eigenvalue weighted by Gasteiger charge is 2.16. The molecule has 0 aliphatic rings. The molecule has 0 saturated heterocycles. The Kier molecular flexibility index (Phi) is 25.7. The molecule has 1 rings (SSSR count). The van der Waals surface area contributed by atoms with Gasteiger partial charge in [-0.15, -0.1) is 0 Å². The van der Waals surface area contributed by atoms with Gasteiger partial charge >= 0.3 is 0 Å². The third-order valence-electron chi connectivity index (χ3n) is 8.60. The largest absolute Gasteiger partial charge is 0.256 e. The predicted octanol–water partition coefficient (Wildman–Crippen LogP) is 11.9. The van der Waals surface area contributed by atoms with Gasteiger partial charge in [0, 0.05) is 6.42 Å². The molecule has 0 atom stereocenters. The number of aryl methyl sites for hydroxylation is 2. The van der Waals surface area contributed by atoms with E-state index in [1.807, 2.05) is 0 Å². The van der Waals surface area contributed by atoms with E-state index in [2.05, 4.69) is 42.3 Å². The molecule has 38 heavy (non-hydrogen) atoms. The molecule has 0 aromatic carbocycles. The SMILES string of the molecule is CCCCCCCCCCCCCCCCCc1n(CCCCCC)cc[n+]1CCCCCCCCCC. The molecule has 1 aromatic rings. The highest BCUT2D eigenvalue weighted by Crippen LogP contribution is 2.15. The van der Waals surface area contributed by atoms with Crippen LogP contribution in [0.2, 0.25) is 0 Å². The van der Waals surface area contributed by atoms with E-state index in [-0.39, 0.29) is 0 Å². The summed E-state index contributed by atoms with van der Waals surface area (Å²) in [5.41, 5.74) is 0. The summed E-state index contributed by atoms with van der Waals surface area (Å²) in [4.78, 5) is 0. The first-order valence-corrected chi connectivity index (χ1v) is 17.9. The van der Waals surface area contributed by atoms with Crippen molar-refractivity contribution in [2.24, 2.45) is 0 Å². The van der Waals surface area contributed by atoms with Crippen molar-refractivity contribution >= 4 is 0 Å². The molecule has 2 nitrogen and oxygen atoms in total. The minimum atomic E-state index is 1.22. The van der Waals surface area contributed by atoms with Gasteiger partial charge in [0.15, 0.2) is 0 Å². The molecule has 0 spiro atoms. The van der Waals surface area contributed by atoms with E-state index in [4.69, 9.17) is 0 Å². The summed E-state index contributed by atoms with van der Waals surface area (Å²) in [7, 11) is 0. The molecule has 0 saturated carbocycles. The van der Waals surface area contributed by atoms with Crippen LogP contribution in [0.1, 0.15) is 200 Å². The highest BCUT2D eigenvalue weighted by molar-refractivity contribution is 4.84. The maximum absolute atomic E-state index is 2.61. The maximum Gasteiger partial charge on any atom is 0.256 e. The van der Waals surface area contributed by atoms with E-state index >= 15 is 0 Å². The molecule has 0 N–H and O–H groups in total. The summed E-state index contributed by atoms with van der Waals surface area (Å²) in [5, 5.41) is 0. The van der Waals surface area contributed by atoms with Gasteiger partial charge in [-0.3, -0.25) is 0 Å². The Bertz CT molecular complexity index is 590. The molecular weight excluding hydrogens is 460 g/mol. The van der Waals surface area contributed by atoms with Crippen molar-refractivity contribution in [3.05, 3.63) is 18.2 Å². The Morgan fingerprint density at radius 1 is 0.447 bits per heavy atom. The normalized spacial score (nSPS) is 11.6. The number of hydrogen-bond donors (Lipinski definition) is 0. The van der Waals surface area contributed by atoms with Gasteiger partial charge in [0.25, 0.3) is 5.82 Å². The molecular formula is C36H71N2+. The van der Waals surface area contributed by atoms with Crippen molar-refractivity contribution in [2.75, 3.05) is 0 Å². The smallest absolute Gasteiger partial charge is 0.234 e. The fourth-order valence-electron chi connectivity index (χ4n) is 5.97. The van der Waals surface area contributed by atoms with Crippen LogP contribution in [-0.4, -0.2) is 4.57 Å². The summed E-state index contributed by atoms with van der Waals surface area (Å²) < 4.78 is 5.21. The van der Waals surface area contributed by atoms with Gasteiger partial charge in [-0.1, -0.05) is 162 Å². The number of rotatable bonds is 30. The van der Waals surface area contributed by atoms with Crippen LogP contribution < -0.4 is 4.57 Å². The molecule has 0 fully saturated rings. The lowest BCUT2D eigenvalue weighted by Gasteiger charge is -2.07. The Morgan fingerprint density at radius 2 is 0.816 bits per heavy atom. The number of imidazole rings is 1. The molecule has 0 radical (unpaired) electrons. The fraction of sp³-hybridized carbons (Fsp3) is 0.917. The van der Waals surface area contributed by atoms with Crippen molar-refractivity contribution in [3.63, 3.8) is 0 Å². The van der Waals surface area contributed by atoms with Gasteiger partial charge in [-0.25, -0.2) is 9.13 Å². The summed E-state index contributed by atoms with van der Waals surface area (Å²) in [6.45, 7) is 9.38. The van der Waals surface area contributed by atoms with E-state index < -0.39 is 0 Å². The van der Waals surface area contributed by atoms with Crippen molar-refractivity contribution in [1.29, 1.82) is 0 Å². The zero-order chi connectivity index (χ0) is 27.4. The topological polar surface area (TPSA) is 8.81 Å². The van der Waals surface area contributed by atoms with Gasteiger partial charge in [-0.2, -0.15) is 0 Å². The Labute approximate surface area is 240 Å². The molecule has 0 amide bonds. The molecule has 0 bridgehead atoms. The lowest BCUT2D eigenvalue weighted by Crippen LogP contribution is -2.37. The van der Waals surface area contributed by atoms with Gasteiger partial charge in [0.2, 0.25) is 0 Å². The van der Waals surface area contributed by atoms with Crippen LogP contribution in [0.4, 0.5) is 0 Å². The second-order valence-electron chi connectivity index (χ2n) is 12.3. The lowest BCUT2D eigenvalue weighted by molar-refractivity contribution is -0.704. The van der Waals surface area contributed by atoms with Crippen molar-refractivity contribution in [3.8, 4) is 0 Å². The molecule has 1 heterocycles. The second kappa shape index (κ2) is 27.8. The summed E-state index contributed by atoms with van der Waals surface area (Å²) in [6.07, 6.45) is 44.5. The van der Waals surface area contributed by atoms with E-state index in [0.717, 1.165) is 0 Å². The van der Waals surface area contributed by atoms with Crippen LogP contribution in [0.5, 0.6) is 0 Å². The minimum Gasteiger partial charge on any atom is -0.234 e. The van der Waals surface area contributed by atoms with Crippen LogP contribution in [0, 0.1) is 0 Å². The number of nitrogens with zero attached hydrogens (tertiary/aromatic N) is 2. The van der Waals surface area contributed by atoms with Crippen molar-refractivity contribution < 1.29 is 4.57 Å². The van der Waals surface area contributed by atoms with Gasteiger partial charge in [0.1, 0.15) is 12.4 Å². The number of unbranched alkanes of at least 4 members (excludes halogenated alkanes) is 24. The van der Waals surface area contributed by atoms with Gasteiger partial charge in [-0.05, 0) is 32.1 Å². The summed E-state index contributed by atoms with van der Waals surface area (Å²) in [6, 6.07) is 0. The molecule has 0 aliphatic heterocycles. The average Bonchev–Trinajstić information content (AvgIpc) is 3.31. The highest BCUT2D eigenvalue weighted by atomic mass is 15.1. The predicted molar refractivity (Wildman–Crippen MR) is 170 cm³/mol. The first-order valence-electron chi connectivity index (χ1n) is 17.9. The van der Waals surface area contributed by atoms with Crippen LogP contribution in [-0.2, 0) is 19.5 Å². The number of hydrogen-bond acceptors (Lipinski definition) is 0. The van der Waals surface area contributed by atoms with Crippen LogP contribution in [0.25, 0.3) is 0 Å². The molecule has 224 valence electrons. The standard InChI is InChI=1S/C36H71N2/c1-4-7-10-13-15-17-18-19-20-21-22-23-24-26-28-31-36-37(32-29-12-9-6-3)34-35-38(36)33-30-27-25-16-14-11-8-5-2/h34-35H,4-33H2,1-3H3/q+1. The zero-order valence-corrected chi connectivity index (χ0v) is 26.8. The summed E-state index contributed by atoms with van der Waals surface area (Å²) in [5.74, 6) is 1.61. The lowest BCUT2D eigenvalue weighted by atomic mass is 10.0. The van der Waals surface area contributed by atoms with Crippen LogP contribution in [0.3, 0.4) is 0 Å². The third kappa shape index (κ3) is 20.2. The quantitative estimate of drug-likeness (QED) is 0.0689. The van der Waals surface area contributed by atoms with E-state index in [1.165, 1.54) is 193 Å². The average molecular weight is 532 g/mol. The van der Waals surface area contributed by atoms with Crippen molar-refractivity contribution in [2.45, 2.75) is 214 Å². The monoisotopic (exact) mass is 532 g/mol. The van der Waals surface area contributed by atoms with Gasteiger partial charge in [0.05, 0.1) is 13.1 Å². The maximum atomic E-state index is 2.61.